The Morgan fingerprint density at radius 1 is 0.806 bits per heavy atom. The zero-order valence-corrected chi connectivity index (χ0v) is 23.8. The third kappa shape index (κ3) is 9.59. The second kappa shape index (κ2) is 13.2. The number of hydrogen-bond acceptors (Lipinski definition) is 7. The number of hydrogen-bond donors (Lipinski definition) is 0. The van der Waals surface area contributed by atoms with Crippen LogP contribution in [0.2, 0.25) is 0 Å². The highest BCUT2D eigenvalue weighted by Crippen LogP contribution is 2.80. The van der Waals surface area contributed by atoms with E-state index < -0.39 is 19.5 Å². The largest absolute Gasteiger partial charge is 0.348 e. The van der Waals surface area contributed by atoms with E-state index in [2.05, 4.69) is 6.92 Å². The van der Waals surface area contributed by atoms with Crippen molar-refractivity contribution in [1.29, 1.82) is 0 Å². The minimum Gasteiger partial charge on any atom is -0.326 e. The first kappa shape index (κ1) is 29.3. The molecular formula is C22H40O5P2S2. The Bertz CT molecular complexity index is 685. The molecule has 31 heavy (non-hydrogen) atoms. The standard InChI is InChI=1S/C22H40O5P2S2/c1-10-15-31-21-13-11-20(12-14-21)22(28(23,24-16(2)3)25-17(4)5)29(30,26-18(6)7)27-19(8)9/h11-14,16-19,22H,10,15H2,1-9H3. The second-order valence-electron chi connectivity index (χ2n) is 8.49. The molecular weight excluding hydrogens is 470 g/mol. The molecule has 0 fully saturated rings. The maximum Gasteiger partial charge on any atom is 0.348 e. The number of thioether (sulfide) groups is 1. The molecule has 0 saturated carbocycles. The maximum absolute atomic E-state index is 14.4. The maximum atomic E-state index is 14.4. The van der Waals surface area contributed by atoms with Gasteiger partial charge in [0.2, 0.25) is 6.49 Å². The normalized spacial score (nSPS) is 14.2. The highest BCUT2D eigenvalue weighted by molar-refractivity contribution is 8.12. The average molecular weight is 511 g/mol. The summed E-state index contributed by atoms with van der Waals surface area (Å²) in [4.78, 5) is 1.15. The fourth-order valence-electron chi connectivity index (χ4n) is 2.95. The second-order valence-corrected chi connectivity index (χ2v) is 15.6. The monoisotopic (exact) mass is 510 g/mol. The Hall–Kier alpha value is 0.290. The highest BCUT2D eigenvalue weighted by atomic mass is 32.5. The first-order chi connectivity index (χ1) is 14.3. The van der Waals surface area contributed by atoms with Gasteiger partial charge in [0.05, 0.1) is 24.4 Å². The van der Waals surface area contributed by atoms with Crippen molar-refractivity contribution in [2.45, 2.75) is 103 Å². The third-order valence-electron chi connectivity index (χ3n) is 3.68. The molecule has 0 amide bonds. The van der Waals surface area contributed by atoms with Crippen LogP contribution in [0.3, 0.4) is 0 Å². The van der Waals surface area contributed by atoms with E-state index in [9.17, 15) is 4.57 Å². The fraction of sp³-hybridized carbons (Fsp3) is 0.727. The summed E-state index contributed by atoms with van der Waals surface area (Å²) < 4.78 is 38.8. The van der Waals surface area contributed by atoms with Crippen molar-refractivity contribution in [2.75, 3.05) is 5.75 Å². The zero-order chi connectivity index (χ0) is 23.8. The van der Waals surface area contributed by atoms with Crippen LogP contribution in [0.1, 0.15) is 79.7 Å². The van der Waals surface area contributed by atoms with E-state index in [1.165, 1.54) is 0 Å². The Morgan fingerprint density at radius 3 is 1.58 bits per heavy atom. The van der Waals surface area contributed by atoms with Crippen molar-refractivity contribution in [3.05, 3.63) is 29.8 Å². The van der Waals surface area contributed by atoms with E-state index >= 15 is 0 Å². The number of benzene rings is 1. The van der Waals surface area contributed by atoms with Gasteiger partial charge in [-0.25, -0.2) is 0 Å². The van der Waals surface area contributed by atoms with Gasteiger partial charge in [0.1, 0.15) is 0 Å². The van der Waals surface area contributed by atoms with Gasteiger partial charge in [0, 0.05) is 4.90 Å². The van der Waals surface area contributed by atoms with E-state index in [4.69, 9.17) is 29.9 Å². The molecule has 5 nitrogen and oxygen atoms in total. The van der Waals surface area contributed by atoms with E-state index in [-0.39, 0.29) is 24.4 Å². The molecule has 1 aromatic rings. The predicted molar refractivity (Wildman–Crippen MR) is 137 cm³/mol. The van der Waals surface area contributed by atoms with Crippen molar-refractivity contribution >= 4 is 37.7 Å². The summed E-state index contributed by atoms with van der Waals surface area (Å²) in [7, 11) is -3.75. The minimum absolute atomic E-state index is 0.196. The van der Waals surface area contributed by atoms with Crippen LogP contribution in [0.4, 0.5) is 0 Å². The van der Waals surface area contributed by atoms with E-state index in [0.29, 0.717) is 0 Å². The van der Waals surface area contributed by atoms with Crippen molar-refractivity contribution in [3.63, 3.8) is 0 Å². The van der Waals surface area contributed by atoms with Gasteiger partial charge in [-0.3, -0.25) is 4.57 Å². The van der Waals surface area contributed by atoms with Crippen molar-refractivity contribution in [3.8, 4) is 0 Å². The van der Waals surface area contributed by atoms with Crippen molar-refractivity contribution in [1.82, 2.24) is 0 Å². The van der Waals surface area contributed by atoms with Gasteiger partial charge in [0.15, 0.2) is 5.40 Å². The van der Waals surface area contributed by atoms with Gasteiger partial charge in [0.25, 0.3) is 0 Å². The zero-order valence-electron chi connectivity index (χ0n) is 20.4. The quantitative estimate of drug-likeness (QED) is 0.184. The molecule has 0 spiro atoms. The molecule has 1 atom stereocenters. The molecule has 1 aromatic carbocycles. The van der Waals surface area contributed by atoms with E-state index in [0.717, 1.165) is 22.6 Å². The van der Waals surface area contributed by atoms with Gasteiger partial charge in [-0.05, 0) is 97.1 Å². The lowest BCUT2D eigenvalue weighted by Crippen LogP contribution is -2.18. The summed E-state index contributed by atoms with van der Waals surface area (Å²) in [6, 6.07) is 7.97. The summed E-state index contributed by atoms with van der Waals surface area (Å²) in [5.74, 6) is 1.04. The fourth-order valence-corrected chi connectivity index (χ4v) is 12.2. The molecule has 0 saturated heterocycles. The lowest BCUT2D eigenvalue weighted by atomic mass is 10.2. The molecule has 0 bridgehead atoms. The van der Waals surface area contributed by atoms with Crippen LogP contribution in [-0.2, 0) is 34.5 Å². The molecule has 1 rings (SSSR count). The first-order valence-corrected chi connectivity index (χ1v) is 16.3. The summed E-state index contributed by atoms with van der Waals surface area (Å²) in [5, 5.41) is -0.824. The van der Waals surface area contributed by atoms with Crippen molar-refractivity contribution < 1.29 is 22.7 Å². The molecule has 0 heterocycles. The molecule has 0 aliphatic rings. The molecule has 0 N–H and O–H groups in total. The van der Waals surface area contributed by atoms with Gasteiger partial charge >= 0.3 is 7.60 Å². The number of rotatable bonds is 14. The van der Waals surface area contributed by atoms with E-state index in [1.807, 2.05) is 79.7 Å². The Morgan fingerprint density at radius 2 is 1.23 bits per heavy atom. The third-order valence-corrected chi connectivity index (χ3v) is 12.9. The first-order valence-electron chi connectivity index (χ1n) is 11.0. The van der Waals surface area contributed by atoms with Crippen LogP contribution in [0.15, 0.2) is 29.2 Å². The molecule has 0 aliphatic heterocycles. The van der Waals surface area contributed by atoms with Crippen LogP contribution >= 0.6 is 25.8 Å². The Labute approximate surface area is 199 Å². The molecule has 9 heteroatoms. The molecule has 0 aliphatic carbocycles. The predicted octanol–water partition coefficient (Wildman–Crippen LogP) is 8.39. The summed E-state index contributed by atoms with van der Waals surface area (Å²) in [6.45, 7) is 14.0. The van der Waals surface area contributed by atoms with Crippen LogP contribution in [0.5, 0.6) is 0 Å². The SMILES string of the molecule is CCCSc1ccc(C(P(=O)(OC(C)C)OC(C)C)P(=S)(OC(C)C)OC(C)C)cc1. The lowest BCUT2D eigenvalue weighted by molar-refractivity contribution is 0.134. The minimum atomic E-state index is -3.75. The van der Waals surface area contributed by atoms with Gasteiger partial charge in [-0.2, -0.15) is 0 Å². The van der Waals surface area contributed by atoms with Gasteiger partial charge in [-0.15, -0.1) is 11.8 Å². The molecule has 0 radical (unpaired) electrons. The molecule has 180 valence electrons. The van der Waals surface area contributed by atoms with Crippen LogP contribution in [-0.4, -0.2) is 30.2 Å². The summed E-state index contributed by atoms with van der Waals surface area (Å²) in [5.41, 5.74) is 0.759. The van der Waals surface area contributed by atoms with Crippen molar-refractivity contribution in [2.24, 2.45) is 0 Å². The average Bonchev–Trinajstić information content (AvgIpc) is 2.57. The van der Waals surface area contributed by atoms with Gasteiger partial charge in [-0.1, -0.05) is 19.1 Å². The summed E-state index contributed by atoms with van der Waals surface area (Å²) >= 11 is 7.83. The molecule has 0 aromatic heterocycles. The smallest absolute Gasteiger partial charge is 0.326 e. The highest BCUT2D eigenvalue weighted by Gasteiger charge is 2.50. The Kier molecular flexibility index (Phi) is 12.5. The summed E-state index contributed by atoms with van der Waals surface area (Å²) in [6.07, 6.45) is 0.0806. The topological polar surface area (TPSA) is 54.0 Å². The van der Waals surface area contributed by atoms with Gasteiger partial charge < -0.3 is 18.1 Å². The van der Waals surface area contributed by atoms with E-state index in [1.54, 1.807) is 11.8 Å². The van der Waals surface area contributed by atoms with Crippen LogP contribution < -0.4 is 0 Å². The Balaban J connectivity index is 3.66. The van der Waals surface area contributed by atoms with Crippen LogP contribution in [0, 0.1) is 0 Å². The van der Waals surface area contributed by atoms with Crippen LogP contribution in [0.25, 0.3) is 0 Å². The lowest BCUT2D eigenvalue weighted by Gasteiger charge is -2.38. The molecule has 1 unspecified atom stereocenters.